The van der Waals surface area contributed by atoms with Gasteiger partial charge < -0.3 is 13.9 Å². The topological polar surface area (TPSA) is 65.7 Å². The molecule has 32 heavy (non-hydrogen) atoms. The quantitative estimate of drug-likeness (QED) is 0.453. The maximum Gasteiger partial charge on any atom is 0.336 e. The zero-order valence-electron chi connectivity index (χ0n) is 21.5. The van der Waals surface area contributed by atoms with Gasteiger partial charge in [-0.15, -0.1) is 0 Å². The predicted molar refractivity (Wildman–Crippen MR) is 133 cm³/mol. The van der Waals surface area contributed by atoms with Crippen LogP contribution in [-0.2, 0) is 6.42 Å². The van der Waals surface area contributed by atoms with Crippen LogP contribution < -0.4 is 15.1 Å². The first kappa shape index (κ1) is 27.5. The summed E-state index contributed by atoms with van der Waals surface area (Å²) in [5, 5.41) is 0.712. The highest BCUT2D eigenvalue weighted by Gasteiger charge is 2.36. The lowest BCUT2D eigenvalue weighted by Crippen LogP contribution is -2.30. The van der Waals surface area contributed by atoms with Crippen molar-refractivity contribution in [1.29, 1.82) is 0 Å². The van der Waals surface area contributed by atoms with Crippen molar-refractivity contribution in [2.45, 2.75) is 100 Å². The van der Waals surface area contributed by atoms with Crippen LogP contribution in [-0.4, -0.2) is 17.5 Å². The van der Waals surface area contributed by atoms with Gasteiger partial charge in [0.1, 0.15) is 28.8 Å². The number of hydrogen-bond acceptors (Lipinski definition) is 5. The SMILES string of the molecule is CC.CC.CC.CCCc1cc(=O)oc2c3c(c4c(c12)OC(C)(C)C=C4)O[C@H](C)CC3=O. The van der Waals surface area contributed by atoms with E-state index in [1.807, 2.05) is 81.4 Å². The molecule has 0 aliphatic carbocycles. The van der Waals surface area contributed by atoms with E-state index in [-0.39, 0.29) is 23.9 Å². The Morgan fingerprint density at radius 3 is 2.25 bits per heavy atom. The molecule has 1 aromatic heterocycles. The minimum absolute atomic E-state index is 0.0680. The lowest BCUT2D eigenvalue weighted by atomic mass is 9.90. The zero-order valence-corrected chi connectivity index (χ0v) is 21.5. The number of ether oxygens (including phenoxy) is 2. The van der Waals surface area contributed by atoms with Gasteiger partial charge in [-0.3, -0.25) is 4.79 Å². The highest BCUT2D eigenvalue weighted by Crippen LogP contribution is 2.48. The van der Waals surface area contributed by atoms with E-state index in [0.29, 0.717) is 28.9 Å². The van der Waals surface area contributed by atoms with Crippen molar-refractivity contribution in [3.63, 3.8) is 0 Å². The van der Waals surface area contributed by atoms with E-state index in [9.17, 15) is 9.59 Å². The van der Waals surface area contributed by atoms with Crippen LogP contribution in [0.2, 0.25) is 0 Å². The Hall–Kier alpha value is -2.56. The molecule has 0 N–H and O–H groups in total. The maximum atomic E-state index is 12.8. The molecule has 0 fully saturated rings. The van der Waals surface area contributed by atoms with Crippen molar-refractivity contribution in [3.05, 3.63) is 39.3 Å². The number of aryl methyl sites for hydroxylation is 1. The molecule has 5 heteroatoms. The van der Waals surface area contributed by atoms with Crippen molar-refractivity contribution in [3.8, 4) is 11.5 Å². The monoisotopic (exact) mass is 444 g/mol. The van der Waals surface area contributed by atoms with E-state index in [4.69, 9.17) is 13.9 Å². The molecule has 1 aromatic carbocycles. The number of hydrogen-bond donors (Lipinski definition) is 0. The summed E-state index contributed by atoms with van der Waals surface area (Å²) in [7, 11) is 0. The van der Waals surface area contributed by atoms with Crippen LogP contribution in [0.5, 0.6) is 11.5 Å². The van der Waals surface area contributed by atoms with E-state index in [1.54, 1.807) is 0 Å². The summed E-state index contributed by atoms with van der Waals surface area (Å²) in [6.07, 6.45) is 5.50. The number of carbonyl (C=O) groups excluding carboxylic acids is 1. The Morgan fingerprint density at radius 1 is 1.03 bits per heavy atom. The standard InChI is InChI=1S/C21H22O5.3C2H6/c1-5-6-12-10-15(23)25-20-16(12)19-13(7-8-21(3,4)26-19)18-17(20)14(22)9-11(2)24-18;3*1-2/h7-8,10-11H,5-6,9H2,1-4H3;3*1-2H3/t11-;;;/m1.../s1. The van der Waals surface area contributed by atoms with E-state index in [1.165, 1.54) is 6.07 Å². The molecule has 0 radical (unpaired) electrons. The molecular formula is C27H40O5. The van der Waals surface area contributed by atoms with Gasteiger partial charge in [-0.05, 0) is 44.9 Å². The van der Waals surface area contributed by atoms with Crippen LogP contribution in [0, 0.1) is 0 Å². The average Bonchev–Trinajstić information content (AvgIpc) is 2.76. The second kappa shape index (κ2) is 11.9. The molecule has 3 heterocycles. The van der Waals surface area contributed by atoms with Gasteiger partial charge in [-0.2, -0.15) is 0 Å². The smallest absolute Gasteiger partial charge is 0.336 e. The summed E-state index contributed by atoms with van der Waals surface area (Å²) in [6.45, 7) is 19.8. The maximum absolute atomic E-state index is 12.8. The summed E-state index contributed by atoms with van der Waals surface area (Å²) < 4.78 is 17.8. The van der Waals surface area contributed by atoms with Crippen molar-refractivity contribution in [1.82, 2.24) is 0 Å². The van der Waals surface area contributed by atoms with Gasteiger partial charge in [0.25, 0.3) is 0 Å². The van der Waals surface area contributed by atoms with Gasteiger partial charge in [0.05, 0.1) is 10.9 Å². The van der Waals surface area contributed by atoms with Crippen LogP contribution in [0.15, 0.2) is 21.4 Å². The number of benzene rings is 1. The van der Waals surface area contributed by atoms with E-state index in [0.717, 1.165) is 17.5 Å². The molecule has 5 nitrogen and oxygen atoms in total. The van der Waals surface area contributed by atoms with Gasteiger partial charge >= 0.3 is 5.63 Å². The number of ketones is 1. The molecule has 4 rings (SSSR count). The number of fused-ring (bicyclic) bond motifs is 6. The second-order valence-electron chi connectivity index (χ2n) is 7.59. The molecule has 2 aromatic rings. The first-order valence-electron chi connectivity index (χ1n) is 12.1. The molecule has 2 aliphatic rings. The highest BCUT2D eigenvalue weighted by molar-refractivity contribution is 6.13. The van der Waals surface area contributed by atoms with Gasteiger partial charge in [0.15, 0.2) is 11.4 Å². The number of Topliss-reactive ketones (excluding diaryl/α,β-unsaturated/α-hetero) is 1. The Labute approximate surface area is 192 Å². The molecule has 0 bridgehead atoms. The third kappa shape index (κ3) is 5.43. The van der Waals surface area contributed by atoms with Crippen LogP contribution in [0.1, 0.15) is 104 Å². The largest absolute Gasteiger partial charge is 0.489 e. The Bertz CT molecular complexity index is 1010. The molecule has 178 valence electrons. The fourth-order valence-corrected chi connectivity index (χ4v) is 3.73. The number of rotatable bonds is 2. The van der Waals surface area contributed by atoms with Crippen molar-refractivity contribution in [2.75, 3.05) is 0 Å². The molecule has 2 aliphatic heterocycles. The summed E-state index contributed by atoms with van der Waals surface area (Å²) in [5.74, 6) is 1.02. The molecular weight excluding hydrogens is 404 g/mol. The number of carbonyl (C=O) groups is 1. The zero-order chi connectivity index (χ0) is 24.6. The van der Waals surface area contributed by atoms with Crippen LogP contribution in [0.4, 0.5) is 0 Å². The molecule has 0 saturated heterocycles. The van der Waals surface area contributed by atoms with Crippen molar-refractivity contribution < 1.29 is 18.7 Å². The Morgan fingerprint density at radius 2 is 1.66 bits per heavy atom. The van der Waals surface area contributed by atoms with Gasteiger partial charge in [-0.25, -0.2) is 4.79 Å². The summed E-state index contributed by atoms with van der Waals surface area (Å²) in [6, 6.07) is 1.50. The first-order chi connectivity index (χ1) is 15.3. The first-order valence-corrected chi connectivity index (χ1v) is 12.1. The fraction of sp³-hybridized carbons (Fsp3) is 0.556. The molecule has 0 amide bonds. The van der Waals surface area contributed by atoms with Crippen LogP contribution >= 0.6 is 0 Å². The molecule has 0 spiro atoms. The minimum atomic E-state index is -0.502. The summed E-state index contributed by atoms with van der Waals surface area (Å²) >= 11 is 0. The third-order valence-electron chi connectivity index (χ3n) is 4.82. The van der Waals surface area contributed by atoms with Crippen molar-refractivity contribution in [2.24, 2.45) is 0 Å². The fourth-order valence-electron chi connectivity index (χ4n) is 3.73. The van der Waals surface area contributed by atoms with Crippen molar-refractivity contribution >= 4 is 22.8 Å². The molecule has 0 unspecified atom stereocenters. The van der Waals surface area contributed by atoms with Gasteiger partial charge in [-0.1, -0.05) is 54.9 Å². The van der Waals surface area contributed by atoms with Crippen LogP contribution in [0.3, 0.4) is 0 Å². The van der Waals surface area contributed by atoms with E-state index >= 15 is 0 Å². The van der Waals surface area contributed by atoms with Gasteiger partial charge in [0.2, 0.25) is 0 Å². The van der Waals surface area contributed by atoms with E-state index in [2.05, 4.69) is 0 Å². The Balaban J connectivity index is 0.000000789. The minimum Gasteiger partial charge on any atom is -0.489 e. The normalized spacial score (nSPS) is 17.1. The molecule has 1 atom stereocenters. The van der Waals surface area contributed by atoms with Crippen LogP contribution in [0.25, 0.3) is 17.0 Å². The Kier molecular flexibility index (Phi) is 10.2. The van der Waals surface area contributed by atoms with E-state index < -0.39 is 11.2 Å². The third-order valence-corrected chi connectivity index (χ3v) is 4.82. The summed E-state index contributed by atoms with van der Waals surface area (Å²) in [5.41, 5.74) is 1.28. The second-order valence-corrected chi connectivity index (χ2v) is 7.59. The molecule has 0 saturated carbocycles. The highest BCUT2D eigenvalue weighted by atomic mass is 16.5. The average molecular weight is 445 g/mol. The van der Waals surface area contributed by atoms with Gasteiger partial charge in [0, 0.05) is 12.5 Å². The lowest BCUT2D eigenvalue weighted by Gasteiger charge is -2.33. The lowest BCUT2D eigenvalue weighted by molar-refractivity contribution is 0.0869. The summed E-state index contributed by atoms with van der Waals surface area (Å²) in [4.78, 5) is 25.0. The predicted octanol–water partition coefficient (Wildman–Crippen LogP) is 7.36.